The van der Waals surface area contributed by atoms with Crippen molar-refractivity contribution in [2.75, 3.05) is 6.61 Å². The lowest BCUT2D eigenvalue weighted by atomic mass is 9.85. The number of aromatic amines is 4. The van der Waals surface area contributed by atoms with Crippen LogP contribution in [0.1, 0.15) is 51.3 Å². The van der Waals surface area contributed by atoms with Gasteiger partial charge in [-0.2, -0.15) is 0 Å². The summed E-state index contributed by atoms with van der Waals surface area (Å²) in [5.41, 5.74) is 2.08. The Balaban J connectivity index is 1.79. The summed E-state index contributed by atoms with van der Waals surface area (Å²) in [6, 6.07) is 9.33. The lowest BCUT2D eigenvalue weighted by Gasteiger charge is -2.18. The maximum Gasteiger partial charge on any atom is 0.343 e. The molecule has 0 aliphatic carbocycles. The van der Waals surface area contributed by atoms with Gasteiger partial charge in [0.2, 0.25) is 0 Å². The topological polar surface area (TPSA) is 133 Å². The molecule has 182 valence electrons. The second-order valence-electron chi connectivity index (χ2n) is 7.83. The van der Waals surface area contributed by atoms with Crippen LogP contribution in [0, 0.1) is 13.8 Å². The van der Waals surface area contributed by atoms with E-state index in [0.717, 1.165) is 0 Å². The molecule has 0 aliphatic rings. The molecule has 4 aromatic rings. The van der Waals surface area contributed by atoms with Crippen LogP contribution in [-0.4, -0.2) is 33.0 Å². The van der Waals surface area contributed by atoms with E-state index in [1.165, 1.54) is 18.2 Å². The highest BCUT2D eigenvalue weighted by molar-refractivity contribution is 6.42. The molecule has 4 rings (SSSR count). The fourth-order valence-corrected chi connectivity index (χ4v) is 4.22. The standard InChI is InChI=1S/C24H22Cl2N4O5/c1-4-34-18-10-13(6-8-17(18)35-24(33)14-5-7-15(25)16(26)9-14)21(19-11(2)27-29-22(19)31)20-12(3)28-30-23(20)32/h5-10,21H,4H2,1-3H3,(H2,27,29,31)(H2,28,30,32). The van der Waals surface area contributed by atoms with Crippen LogP contribution in [0.25, 0.3) is 0 Å². The van der Waals surface area contributed by atoms with Gasteiger partial charge in [-0.15, -0.1) is 0 Å². The van der Waals surface area contributed by atoms with Crippen molar-refractivity contribution in [3.8, 4) is 11.5 Å². The maximum atomic E-state index is 12.7. The zero-order chi connectivity index (χ0) is 25.3. The van der Waals surface area contributed by atoms with Gasteiger partial charge in [0.25, 0.3) is 11.1 Å². The summed E-state index contributed by atoms with van der Waals surface area (Å²) in [6.07, 6.45) is 0. The van der Waals surface area contributed by atoms with Crippen molar-refractivity contribution in [3.05, 3.63) is 101 Å². The highest BCUT2D eigenvalue weighted by Gasteiger charge is 2.29. The van der Waals surface area contributed by atoms with Crippen molar-refractivity contribution in [1.82, 2.24) is 20.4 Å². The van der Waals surface area contributed by atoms with E-state index in [2.05, 4.69) is 20.4 Å². The first-order valence-electron chi connectivity index (χ1n) is 10.7. The Morgan fingerprint density at radius 1 is 0.857 bits per heavy atom. The van der Waals surface area contributed by atoms with Crippen LogP contribution in [0.3, 0.4) is 0 Å². The van der Waals surface area contributed by atoms with Gasteiger partial charge >= 0.3 is 5.97 Å². The van der Waals surface area contributed by atoms with Crippen molar-refractivity contribution >= 4 is 29.2 Å². The Hall–Kier alpha value is -3.69. The van der Waals surface area contributed by atoms with Crippen molar-refractivity contribution in [3.63, 3.8) is 0 Å². The average molecular weight is 517 g/mol. The summed E-state index contributed by atoms with van der Waals surface area (Å²) in [5.74, 6) is -0.911. The van der Waals surface area contributed by atoms with E-state index in [9.17, 15) is 14.4 Å². The lowest BCUT2D eigenvalue weighted by Crippen LogP contribution is -2.20. The van der Waals surface area contributed by atoms with Gasteiger partial charge in [0.05, 0.1) is 33.3 Å². The second-order valence-corrected chi connectivity index (χ2v) is 8.64. The molecule has 0 atom stereocenters. The second kappa shape index (κ2) is 9.89. The molecule has 0 saturated heterocycles. The highest BCUT2D eigenvalue weighted by Crippen LogP contribution is 2.37. The van der Waals surface area contributed by atoms with Crippen LogP contribution in [0.5, 0.6) is 11.5 Å². The number of hydrogen-bond donors (Lipinski definition) is 4. The first-order chi connectivity index (χ1) is 16.7. The molecule has 2 aromatic heterocycles. The molecular formula is C24H22Cl2N4O5. The molecule has 0 amide bonds. The van der Waals surface area contributed by atoms with E-state index < -0.39 is 11.9 Å². The van der Waals surface area contributed by atoms with Gasteiger partial charge in [-0.25, -0.2) is 4.79 Å². The SMILES string of the molecule is CCOc1cc(C(c2c(C)[nH][nH]c2=O)c2c(C)[nH][nH]c2=O)ccc1OC(=O)c1ccc(Cl)c(Cl)c1. The van der Waals surface area contributed by atoms with Gasteiger partial charge < -0.3 is 19.7 Å². The number of hydrogen-bond acceptors (Lipinski definition) is 5. The fourth-order valence-electron chi connectivity index (χ4n) is 3.92. The minimum atomic E-state index is -0.709. The third-order valence-electron chi connectivity index (χ3n) is 5.56. The average Bonchev–Trinajstić information content (AvgIpc) is 3.33. The summed E-state index contributed by atoms with van der Waals surface area (Å²) in [4.78, 5) is 38.1. The number of ether oxygens (including phenoxy) is 2. The van der Waals surface area contributed by atoms with Crippen LogP contribution in [0.2, 0.25) is 10.0 Å². The maximum absolute atomic E-state index is 12.7. The third kappa shape index (κ3) is 4.78. The Labute approximate surface area is 209 Å². The first-order valence-corrected chi connectivity index (χ1v) is 11.4. The Kier molecular flexibility index (Phi) is 6.90. The fraction of sp³-hybridized carbons (Fsp3) is 0.208. The molecule has 0 unspecified atom stereocenters. The van der Waals surface area contributed by atoms with E-state index in [1.54, 1.807) is 39.0 Å². The summed E-state index contributed by atoms with van der Waals surface area (Å²) in [5, 5.41) is 11.3. The van der Waals surface area contributed by atoms with Crippen LogP contribution in [-0.2, 0) is 0 Å². The van der Waals surface area contributed by atoms with E-state index >= 15 is 0 Å². The zero-order valence-electron chi connectivity index (χ0n) is 19.0. The summed E-state index contributed by atoms with van der Waals surface area (Å²) >= 11 is 12.0. The molecule has 11 heteroatoms. The van der Waals surface area contributed by atoms with Crippen LogP contribution >= 0.6 is 23.2 Å². The Bertz CT molecular complexity index is 1460. The number of esters is 1. The number of aromatic nitrogens is 4. The molecule has 2 aromatic carbocycles. The van der Waals surface area contributed by atoms with Gasteiger partial charge in [0, 0.05) is 17.3 Å². The van der Waals surface area contributed by atoms with Gasteiger partial charge in [0.15, 0.2) is 11.5 Å². The van der Waals surface area contributed by atoms with Crippen LogP contribution in [0.4, 0.5) is 0 Å². The third-order valence-corrected chi connectivity index (χ3v) is 6.30. The van der Waals surface area contributed by atoms with E-state index in [0.29, 0.717) is 39.7 Å². The van der Waals surface area contributed by atoms with Crippen LogP contribution < -0.4 is 20.6 Å². The van der Waals surface area contributed by atoms with Gasteiger partial charge in [0.1, 0.15) is 0 Å². The highest BCUT2D eigenvalue weighted by atomic mass is 35.5. The molecule has 9 nitrogen and oxygen atoms in total. The molecule has 0 aliphatic heterocycles. The van der Waals surface area contributed by atoms with Crippen LogP contribution in [0.15, 0.2) is 46.0 Å². The predicted molar refractivity (Wildman–Crippen MR) is 132 cm³/mol. The molecule has 2 heterocycles. The molecule has 4 N–H and O–H groups in total. The Morgan fingerprint density at radius 2 is 1.49 bits per heavy atom. The Morgan fingerprint density at radius 3 is 2.00 bits per heavy atom. The smallest absolute Gasteiger partial charge is 0.343 e. The lowest BCUT2D eigenvalue weighted by molar-refractivity contribution is 0.0728. The molecule has 0 radical (unpaired) electrons. The predicted octanol–water partition coefficient (Wildman–Crippen LogP) is 4.44. The molecular weight excluding hydrogens is 495 g/mol. The number of carbonyl (C=O) groups excluding carboxylic acids is 1. The monoisotopic (exact) mass is 516 g/mol. The number of H-pyrrole nitrogens is 4. The molecule has 0 spiro atoms. The quantitative estimate of drug-likeness (QED) is 0.213. The molecule has 0 fully saturated rings. The number of halogens is 2. The van der Waals surface area contributed by atoms with E-state index in [1.807, 2.05) is 0 Å². The summed E-state index contributed by atoms with van der Waals surface area (Å²) < 4.78 is 11.3. The van der Waals surface area contributed by atoms with Crippen molar-refractivity contribution in [1.29, 1.82) is 0 Å². The molecule has 0 saturated carbocycles. The summed E-state index contributed by atoms with van der Waals surface area (Å²) in [7, 11) is 0. The number of aryl methyl sites for hydroxylation is 2. The minimum absolute atomic E-state index is 0.171. The number of nitrogens with one attached hydrogen (secondary N) is 4. The van der Waals surface area contributed by atoms with Gasteiger partial charge in [-0.05, 0) is 56.7 Å². The minimum Gasteiger partial charge on any atom is -0.490 e. The van der Waals surface area contributed by atoms with Crippen molar-refractivity contribution in [2.24, 2.45) is 0 Å². The number of benzene rings is 2. The number of rotatable bonds is 7. The van der Waals surface area contributed by atoms with Gasteiger partial charge in [-0.3, -0.25) is 19.8 Å². The molecule has 0 bridgehead atoms. The largest absolute Gasteiger partial charge is 0.490 e. The number of carbonyl (C=O) groups is 1. The summed E-state index contributed by atoms with van der Waals surface area (Å²) in [6.45, 7) is 5.57. The first kappa shape index (κ1) is 24.4. The van der Waals surface area contributed by atoms with E-state index in [-0.39, 0.29) is 33.2 Å². The zero-order valence-corrected chi connectivity index (χ0v) is 20.6. The van der Waals surface area contributed by atoms with E-state index in [4.69, 9.17) is 32.7 Å². The van der Waals surface area contributed by atoms with Gasteiger partial charge in [-0.1, -0.05) is 29.3 Å². The van der Waals surface area contributed by atoms with Crippen molar-refractivity contribution in [2.45, 2.75) is 26.7 Å². The molecule has 35 heavy (non-hydrogen) atoms. The normalized spacial score (nSPS) is 11.1. The van der Waals surface area contributed by atoms with Crippen molar-refractivity contribution < 1.29 is 14.3 Å².